The zero-order valence-corrected chi connectivity index (χ0v) is 22.2. The van der Waals surface area contributed by atoms with Crippen LogP contribution in [0.15, 0.2) is 48.5 Å². The summed E-state index contributed by atoms with van der Waals surface area (Å²) in [5.74, 6) is 0.206. The van der Waals surface area contributed by atoms with Crippen molar-refractivity contribution in [2.24, 2.45) is 0 Å². The summed E-state index contributed by atoms with van der Waals surface area (Å²) >= 11 is 0. The second-order valence-electron chi connectivity index (χ2n) is 9.62. The number of likely N-dealkylation sites (N-methyl/N-ethyl adjacent to an activating group) is 1. The average molecular weight is 537 g/mol. The van der Waals surface area contributed by atoms with Gasteiger partial charge in [0.1, 0.15) is 5.75 Å². The topological polar surface area (TPSA) is 77.1 Å². The van der Waals surface area contributed by atoms with Gasteiger partial charge in [-0.1, -0.05) is 24.3 Å². The third-order valence-corrected chi connectivity index (χ3v) is 6.87. The van der Waals surface area contributed by atoms with E-state index in [0.29, 0.717) is 50.3 Å². The normalized spacial score (nSPS) is 19.1. The summed E-state index contributed by atoms with van der Waals surface area (Å²) in [5, 5.41) is 2.82. The molecule has 3 rings (SSSR count). The van der Waals surface area contributed by atoms with Gasteiger partial charge in [-0.05, 0) is 62.6 Å². The summed E-state index contributed by atoms with van der Waals surface area (Å²) in [4.78, 5) is 26.3. The van der Waals surface area contributed by atoms with Crippen LogP contribution in [0.25, 0.3) is 0 Å². The van der Waals surface area contributed by atoms with Gasteiger partial charge in [0.2, 0.25) is 0 Å². The van der Waals surface area contributed by atoms with Crippen molar-refractivity contribution in [3.05, 3.63) is 65.2 Å². The third kappa shape index (κ3) is 6.98. The molecule has 1 aliphatic heterocycles. The number of carbonyl (C=O) groups is 2. The lowest BCUT2D eigenvalue weighted by Crippen LogP contribution is -2.48. The standard InChI is InChI=1S/C28H35F3N2O5/c1-5-36-24(34)26(3,38-6-2)17-20-9-13-23(14-10-20)37-16-15-27(19-32-25(35)33(27)4)18-21-7-11-22(12-8-21)28(29,30)31/h7-14H,5-6,15-19H2,1-4H3,(H,32,35). The molecule has 0 radical (unpaired) electrons. The molecule has 2 unspecified atom stereocenters. The second kappa shape index (κ2) is 12.1. The van der Waals surface area contributed by atoms with Gasteiger partial charge in [0.25, 0.3) is 0 Å². The van der Waals surface area contributed by atoms with Crippen LogP contribution in [0.5, 0.6) is 5.75 Å². The Morgan fingerprint density at radius 3 is 2.18 bits per heavy atom. The molecule has 2 atom stereocenters. The Morgan fingerprint density at radius 1 is 1.03 bits per heavy atom. The Hall–Kier alpha value is -3.27. The molecule has 1 heterocycles. The summed E-state index contributed by atoms with van der Waals surface area (Å²) in [6.07, 6.45) is -3.21. The van der Waals surface area contributed by atoms with Gasteiger partial charge in [0.15, 0.2) is 5.60 Å². The van der Waals surface area contributed by atoms with Crippen LogP contribution in [-0.2, 0) is 33.3 Å². The first-order valence-corrected chi connectivity index (χ1v) is 12.6. The van der Waals surface area contributed by atoms with Crippen molar-refractivity contribution in [3.63, 3.8) is 0 Å². The maximum Gasteiger partial charge on any atom is 0.416 e. The number of esters is 1. The molecule has 0 spiro atoms. The quantitative estimate of drug-likeness (QED) is 0.386. The number of carbonyl (C=O) groups excluding carboxylic acids is 2. The zero-order chi connectivity index (χ0) is 28.0. The van der Waals surface area contributed by atoms with Gasteiger partial charge in [-0.15, -0.1) is 0 Å². The number of benzene rings is 2. The van der Waals surface area contributed by atoms with Crippen LogP contribution >= 0.6 is 0 Å². The van der Waals surface area contributed by atoms with Crippen molar-refractivity contribution in [2.45, 2.75) is 57.3 Å². The zero-order valence-electron chi connectivity index (χ0n) is 22.2. The molecule has 0 aliphatic carbocycles. The van der Waals surface area contributed by atoms with E-state index in [-0.39, 0.29) is 12.6 Å². The fourth-order valence-corrected chi connectivity index (χ4v) is 4.65. The largest absolute Gasteiger partial charge is 0.494 e. The number of nitrogens with zero attached hydrogens (tertiary/aromatic N) is 1. The summed E-state index contributed by atoms with van der Waals surface area (Å²) in [5.41, 5.74) is -0.866. The van der Waals surface area contributed by atoms with Crippen molar-refractivity contribution in [2.75, 3.05) is 33.4 Å². The number of hydrogen-bond donors (Lipinski definition) is 1. The van der Waals surface area contributed by atoms with Crippen LogP contribution in [-0.4, -0.2) is 61.5 Å². The molecule has 2 amide bonds. The molecule has 7 nitrogen and oxygen atoms in total. The third-order valence-electron chi connectivity index (χ3n) is 6.87. The van der Waals surface area contributed by atoms with Crippen LogP contribution in [0, 0.1) is 0 Å². The molecule has 38 heavy (non-hydrogen) atoms. The minimum absolute atomic E-state index is 0.236. The number of nitrogens with one attached hydrogen (secondary N) is 1. The maximum atomic E-state index is 12.9. The fraction of sp³-hybridized carbons (Fsp3) is 0.500. The summed E-state index contributed by atoms with van der Waals surface area (Å²) in [6.45, 7) is 6.57. The SMILES string of the molecule is CCOC(=O)C(C)(Cc1ccc(OCCC2(Cc3ccc(C(F)(F)F)cc3)CNC(=O)N2C)cc1)OCC. The Labute approximate surface area is 221 Å². The predicted molar refractivity (Wildman–Crippen MR) is 136 cm³/mol. The minimum Gasteiger partial charge on any atom is -0.494 e. The van der Waals surface area contributed by atoms with Gasteiger partial charge < -0.3 is 24.4 Å². The van der Waals surface area contributed by atoms with Crippen molar-refractivity contribution in [1.29, 1.82) is 0 Å². The summed E-state index contributed by atoms with van der Waals surface area (Å²) < 4.78 is 55.7. The molecule has 2 aromatic rings. The summed E-state index contributed by atoms with van der Waals surface area (Å²) in [6, 6.07) is 12.1. The van der Waals surface area contributed by atoms with Crippen LogP contribution in [0.2, 0.25) is 0 Å². The molecule has 208 valence electrons. The van der Waals surface area contributed by atoms with Crippen LogP contribution in [0.1, 0.15) is 43.9 Å². The molecule has 1 aliphatic rings. The number of alkyl halides is 3. The monoisotopic (exact) mass is 536 g/mol. The molecule has 1 N–H and O–H groups in total. The second-order valence-corrected chi connectivity index (χ2v) is 9.62. The molecule has 0 saturated carbocycles. The summed E-state index contributed by atoms with van der Waals surface area (Å²) in [7, 11) is 1.68. The van der Waals surface area contributed by atoms with Crippen LogP contribution in [0.4, 0.5) is 18.0 Å². The van der Waals surface area contributed by atoms with Gasteiger partial charge in [-0.2, -0.15) is 13.2 Å². The van der Waals surface area contributed by atoms with Gasteiger partial charge in [0.05, 0.1) is 24.3 Å². The number of halogens is 3. The van der Waals surface area contributed by atoms with Gasteiger partial charge in [-0.3, -0.25) is 0 Å². The average Bonchev–Trinajstić information content (AvgIpc) is 3.14. The maximum absolute atomic E-state index is 12.9. The molecule has 10 heteroatoms. The number of ether oxygens (including phenoxy) is 3. The van der Waals surface area contributed by atoms with Crippen molar-refractivity contribution in [1.82, 2.24) is 10.2 Å². The van der Waals surface area contributed by atoms with Crippen LogP contribution < -0.4 is 10.1 Å². The van der Waals surface area contributed by atoms with Gasteiger partial charge in [-0.25, -0.2) is 9.59 Å². The minimum atomic E-state index is -4.40. The van der Waals surface area contributed by atoms with E-state index in [2.05, 4.69) is 5.32 Å². The molecule has 1 saturated heterocycles. The lowest BCUT2D eigenvalue weighted by molar-refractivity contribution is -0.169. The number of urea groups is 1. The van der Waals surface area contributed by atoms with Gasteiger partial charge >= 0.3 is 18.2 Å². The van der Waals surface area contributed by atoms with E-state index in [9.17, 15) is 22.8 Å². The first-order chi connectivity index (χ1) is 17.9. The fourth-order valence-electron chi connectivity index (χ4n) is 4.65. The molecular formula is C28H35F3N2O5. The lowest BCUT2D eigenvalue weighted by atomic mass is 9.87. The van der Waals surface area contributed by atoms with Gasteiger partial charge in [0, 0.05) is 33.0 Å². The van der Waals surface area contributed by atoms with Crippen molar-refractivity contribution in [3.8, 4) is 5.75 Å². The highest BCUT2D eigenvalue weighted by Crippen LogP contribution is 2.32. The molecule has 1 fully saturated rings. The highest BCUT2D eigenvalue weighted by molar-refractivity contribution is 5.79. The van der Waals surface area contributed by atoms with E-state index in [1.165, 1.54) is 12.1 Å². The Bertz CT molecular complexity index is 1090. The van der Waals surface area contributed by atoms with Crippen LogP contribution in [0.3, 0.4) is 0 Å². The van der Waals surface area contributed by atoms with E-state index in [0.717, 1.165) is 17.7 Å². The predicted octanol–water partition coefficient (Wildman–Crippen LogP) is 5.01. The molecular weight excluding hydrogens is 501 g/mol. The first-order valence-electron chi connectivity index (χ1n) is 12.6. The van der Waals surface area contributed by atoms with E-state index < -0.39 is 28.8 Å². The Balaban J connectivity index is 1.64. The van der Waals surface area contributed by atoms with E-state index in [1.54, 1.807) is 37.9 Å². The number of amides is 2. The van der Waals surface area contributed by atoms with E-state index in [4.69, 9.17) is 14.2 Å². The van der Waals surface area contributed by atoms with Crippen molar-refractivity contribution < 1.29 is 37.0 Å². The Kier molecular flexibility index (Phi) is 9.30. The highest BCUT2D eigenvalue weighted by atomic mass is 19.4. The van der Waals surface area contributed by atoms with Crippen molar-refractivity contribution >= 4 is 12.0 Å². The highest BCUT2D eigenvalue weighted by Gasteiger charge is 2.43. The Morgan fingerprint density at radius 2 is 1.66 bits per heavy atom. The van der Waals surface area contributed by atoms with E-state index in [1.807, 2.05) is 19.1 Å². The number of hydrogen-bond acceptors (Lipinski definition) is 5. The first kappa shape index (κ1) is 29.3. The smallest absolute Gasteiger partial charge is 0.416 e. The molecule has 0 aromatic heterocycles. The van der Waals surface area contributed by atoms with E-state index >= 15 is 0 Å². The lowest BCUT2D eigenvalue weighted by Gasteiger charge is -2.35. The molecule has 2 aromatic carbocycles. The number of rotatable bonds is 12. The molecule has 0 bridgehead atoms.